The van der Waals surface area contributed by atoms with E-state index >= 15 is 0 Å². The van der Waals surface area contributed by atoms with Gasteiger partial charge in [0.2, 0.25) is 5.88 Å². The van der Waals surface area contributed by atoms with Crippen LogP contribution in [-0.2, 0) is 13.2 Å². The third-order valence-electron chi connectivity index (χ3n) is 4.03. The Bertz CT molecular complexity index is 744. The van der Waals surface area contributed by atoms with E-state index in [0.717, 1.165) is 12.2 Å². The number of fused-ring (bicyclic) bond motifs is 1. The lowest BCUT2D eigenvalue weighted by molar-refractivity contribution is 0.289. The normalized spacial score (nSPS) is 17.2. The molecule has 1 aliphatic heterocycles. The number of rotatable bonds is 3. The van der Waals surface area contributed by atoms with Gasteiger partial charge >= 0.3 is 5.69 Å². The van der Waals surface area contributed by atoms with Gasteiger partial charge in [-0.05, 0) is 31.0 Å². The van der Waals surface area contributed by atoms with Crippen molar-refractivity contribution in [1.29, 1.82) is 0 Å². The van der Waals surface area contributed by atoms with E-state index in [0.29, 0.717) is 18.2 Å². The summed E-state index contributed by atoms with van der Waals surface area (Å²) in [6.45, 7) is 2.95. The molecule has 0 fully saturated rings. The van der Waals surface area contributed by atoms with Gasteiger partial charge < -0.3 is 9.64 Å². The molecular weight excluding hydrogens is 285 g/mol. The van der Waals surface area contributed by atoms with Crippen LogP contribution in [-0.4, -0.2) is 22.6 Å². The number of benzene rings is 1. The van der Waals surface area contributed by atoms with Crippen LogP contribution in [0, 0.1) is 5.82 Å². The Morgan fingerprint density at radius 3 is 3.00 bits per heavy atom. The van der Waals surface area contributed by atoms with Crippen LogP contribution in [0.1, 0.15) is 18.9 Å². The molecule has 0 N–H and O–H groups in total. The zero-order valence-corrected chi connectivity index (χ0v) is 12.6. The van der Waals surface area contributed by atoms with Crippen molar-refractivity contribution >= 4 is 5.82 Å². The van der Waals surface area contributed by atoms with E-state index in [1.807, 2.05) is 11.9 Å². The topological polar surface area (TPSA) is 47.4 Å². The third-order valence-corrected chi connectivity index (χ3v) is 4.03. The Kier molecular flexibility index (Phi) is 3.83. The first-order valence-corrected chi connectivity index (χ1v) is 7.26. The van der Waals surface area contributed by atoms with Gasteiger partial charge in [-0.15, -0.1) is 0 Å². The molecule has 1 atom stereocenters. The van der Waals surface area contributed by atoms with Gasteiger partial charge in [0.05, 0.1) is 0 Å². The number of hydrogen-bond acceptors (Lipinski definition) is 4. The van der Waals surface area contributed by atoms with Crippen molar-refractivity contribution in [1.82, 2.24) is 9.55 Å². The van der Waals surface area contributed by atoms with Gasteiger partial charge in [0.15, 0.2) is 0 Å². The van der Waals surface area contributed by atoms with Gasteiger partial charge in [-0.2, -0.15) is 4.98 Å². The second kappa shape index (κ2) is 5.79. The van der Waals surface area contributed by atoms with Gasteiger partial charge in [-0.25, -0.2) is 9.18 Å². The maximum atomic E-state index is 13.1. The molecule has 1 aromatic carbocycles. The molecule has 5 nitrogen and oxygen atoms in total. The highest BCUT2D eigenvalue weighted by atomic mass is 19.1. The Morgan fingerprint density at radius 1 is 1.41 bits per heavy atom. The first kappa shape index (κ1) is 14.6. The van der Waals surface area contributed by atoms with E-state index in [4.69, 9.17) is 4.74 Å². The lowest BCUT2D eigenvalue weighted by atomic mass is 10.1. The molecule has 1 unspecified atom stereocenters. The maximum absolute atomic E-state index is 13.1. The molecule has 0 amide bonds. The summed E-state index contributed by atoms with van der Waals surface area (Å²) < 4.78 is 20.4. The molecule has 6 heteroatoms. The van der Waals surface area contributed by atoms with E-state index in [2.05, 4.69) is 11.9 Å². The summed E-state index contributed by atoms with van der Waals surface area (Å²) in [5.74, 6) is 0.752. The van der Waals surface area contributed by atoms with Crippen LogP contribution < -0.4 is 15.3 Å². The second-order valence-corrected chi connectivity index (χ2v) is 5.55. The van der Waals surface area contributed by atoms with Crippen molar-refractivity contribution in [2.45, 2.75) is 32.5 Å². The number of ether oxygens (including phenoxy) is 1. The molecule has 2 aromatic rings. The van der Waals surface area contributed by atoms with Crippen molar-refractivity contribution in [2.75, 3.05) is 11.9 Å². The average molecular weight is 303 g/mol. The van der Waals surface area contributed by atoms with Gasteiger partial charge in [0.25, 0.3) is 0 Å². The highest BCUT2D eigenvalue weighted by molar-refractivity contribution is 5.43. The van der Waals surface area contributed by atoms with Gasteiger partial charge in [-0.1, -0.05) is 12.1 Å². The van der Waals surface area contributed by atoms with Crippen LogP contribution in [0.25, 0.3) is 0 Å². The second-order valence-electron chi connectivity index (χ2n) is 5.55. The largest absolute Gasteiger partial charge is 0.473 e. The monoisotopic (exact) mass is 303 g/mol. The summed E-state index contributed by atoms with van der Waals surface area (Å²) in [5, 5.41) is 0. The SMILES string of the molecule is CC1CCn2c(cc(OCc3cccc(F)c3)nc2=O)N1C. The molecule has 0 spiro atoms. The summed E-state index contributed by atoms with van der Waals surface area (Å²) >= 11 is 0. The Labute approximate surface area is 128 Å². The fourth-order valence-electron chi connectivity index (χ4n) is 2.57. The Hall–Kier alpha value is -2.37. The average Bonchev–Trinajstić information content (AvgIpc) is 2.49. The van der Waals surface area contributed by atoms with Crippen molar-refractivity contribution in [3.8, 4) is 5.88 Å². The predicted molar refractivity (Wildman–Crippen MR) is 81.7 cm³/mol. The van der Waals surface area contributed by atoms with Crippen LogP contribution >= 0.6 is 0 Å². The number of aromatic nitrogens is 2. The standard InChI is InChI=1S/C16H18FN3O2/c1-11-6-7-20-15(19(11)2)9-14(18-16(20)21)22-10-12-4-3-5-13(17)8-12/h3-5,8-9,11H,6-7,10H2,1-2H3. The van der Waals surface area contributed by atoms with Crippen molar-refractivity contribution < 1.29 is 9.13 Å². The minimum absolute atomic E-state index is 0.174. The van der Waals surface area contributed by atoms with Gasteiger partial charge in [0, 0.05) is 25.7 Å². The van der Waals surface area contributed by atoms with E-state index in [9.17, 15) is 9.18 Å². The van der Waals surface area contributed by atoms with E-state index in [1.165, 1.54) is 12.1 Å². The number of halogens is 1. The highest BCUT2D eigenvalue weighted by Gasteiger charge is 2.22. The molecule has 0 bridgehead atoms. The zero-order chi connectivity index (χ0) is 15.7. The zero-order valence-electron chi connectivity index (χ0n) is 12.6. The van der Waals surface area contributed by atoms with Crippen LogP contribution in [0.15, 0.2) is 35.1 Å². The highest BCUT2D eigenvalue weighted by Crippen LogP contribution is 2.24. The first-order chi connectivity index (χ1) is 10.5. The predicted octanol–water partition coefficient (Wildman–Crippen LogP) is 2.19. The number of nitrogens with zero attached hydrogens (tertiary/aromatic N) is 3. The summed E-state index contributed by atoms with van der Waals surface area (Å²) in [7, 11) is 1.95. The minimum atomic E-state index is -0.314. The molecule has 0 aliphatic carbocycles. The van der Waals surface area contributed by atoms with Gasteiger partial charge in [-0.3, -0.25) is 4.57 Å². The lowest BCUT2D eigenvalue weighted by Gasteiger charge is -2.34. The molecule has 22 heavy (non-hydrogen) atoms. The summed E-state index contributed by atoms with van der Waals surface area (Å²) in [5.41, 5.74) is 0.381. The van der Waals surface area contributed by atoms with Gasteiger partial charge in [0.1, 0.15) is 18.2 Å². The van der Waals surface area contributed by atoms with Crippen molar-refractivity contribution in [3.05, 3.63) is 52.2 Å². The Balaban J connectivity index is 1.83. The molecule has 0 saturated carbocycles. The third kappa shape index (κ3) is 2.81. The summed E-state index contributed by atoms with van der Waals surface area (Å²) in [6.07, 6.45) is 0.911. The van der Waals surface area contributed by atoms with Crippen LogP contribution in [0.5, 0.6) is 5.88 Å². The Morgan fingerprint density at radius 2 is 2.23 bits per heavy atom. The lowest BCUT2D eigenvalue weighted by Crippen LogP contribution is -2.41. The minimum Gasteiger partial charge on any atom is -0.473 e. The number of anilines is 1. The van der Waals surface area contributed by atoms with Crippen LogP contribution in [0.3, 0.4) is 0 Å². The first-order valence-electron chi connectivity index (χ1n) is 7.26. The molecule has 3 rings (SSSR count). The smallest absolute Gasteiger partial charge is 0.352 e. The molecule has 0 saturated heterocycles. The van der Waals surface area contributed by atoms with E-state index < -0.39 is 0 Å². The van der Waals surface area contributed by atoms with E-state index in [-0.39, 0.29) is 24.0 Å². The molecule has 1 aliphatic rings. The van der Waals surface area contributed by atoms with E-state index in [1.54, 1.807) is 22.8 Å². The molecule has 116 valence electrons. The number of hydrogen-bond donors (Lipinski definition) is 0. The fourth-order valence-corrected chi connectivity index (χ4v) is 2.57. The quantitative estimate of drug-likeness (QED) is 0.872. The fraction of sp³-hybridized carbons (Fsp3) is 0.375. The summed E-state index contributed by atoms with van der Waals surface area (Å²) in [4.78, 5) is 18.1. The van der Waals surface area contributed by atoms with Crippen molar-refractivity contribution in [2.24, 2.45) is 0 Å². The van der Waals surface area contributed by atoms with Crippen LogP contribution in [0.4, 0.5) is 10.2 Å². The molecule has 1 aromatic heterocycles. The van der Waals surface area contributed by atoms with Crippen molar-refractivity contribution in [3.63, 3.8) is 0 Å². The molecule has 0 radical (unpaired) electrons. The molecular formula is C16H18FN3O2. The van der Waals surface area contributed by atoms with Crippen LogP contribution in [0.2, 0.25) is 0 Å². The maximum Gasteiger partial charge on any atom is 0.352 e. The molecule has 2 heterocycles. The summed E-state index contributed by atoms with van der Waals surface area (Å²) in [6, 6.07) is 8.29.